The van der Waals surface area contributed by atoms with Crippen LogP contribution in [-0.2, 0) is 49.5 Å². The molecule has 5 aromatic rings. The highest BCUT2D eigenvalue weighted by Gasteiger charge is 2.50. The quantitative estimate of drug-likeness (QED) is 0.0575. The van der Waals surface area contributed by atoms with Gasteiger partial charge in [0.1, 0.15) is 23.7 Å². The van der Waals surface area contributed by atoms with E-state index in [9.17, 15) is 24.6 Å². The number of aryl methyl sites for hydroxylation is 2. The molecule has 10 nitrogen and oxygen atoms in total. The molecule has 2 N–H and O–H groups in total. The lowest BCUT2D eigenvalue weighted by Crippen LogP contribution is -2.52. The smallest absolute Gasteiger partial charge is 0.339 e. The third-order valence-corrected chi connectivity index (χ3v) is 12.0. The number of aliphatic hydroxyl groups is 2. The monoisotopic (exact) mass is 828 g/mol. The predicted molar refractivity (Wildman–Crippen MR) is 232 cm³/mol. The number of benzene rings is 4. The Balaban J connectivity index is 1.26. The zero-order chi connectivity index (χ0) is 43.1. The van der Waals surface area contributed by atoms with Crippen LogP contribution in [0.4, 0.5) is 0 Å². The Labute approximate surface area is 357 Å². The normalized spacial score (nSPS) is 19.6. The maximum atomic E-state index is 14.5. The Morgan fingerprint density at radius 2 is 1.56 bits per heavy atom. The molecule has 0 fully saturated rings. The van der Waals surface area contributed by atoms with E-state index in [1.807, 2.05) is 19.9 Å². The molecular formula is C51H56O10. The van der Waals surface area contributed by atoms with Gasteiger partial charge in [-0.25, -0.2) is 9.59 Å². The lowest BCUT2D eigenvalue weighted by atomic mass is 9.86. The summed E-state index contributed by atoms with van der Waals surface area (Å²) in [5, 5.41) is 19.6. The van der Waals surface area contributed by atoms with E-state index in [1.54, 1.807) is 32.0 Å². The molecule has 4 atom stereocenters. The van der Waals surface area contributed by atoms with Crippen LogP contribution in [0.15, 0.2) is 117 Å². The summed E-state index contributed by atoms with van der Waals surface area (Å²) < 4.78 is 30.7. The number of carbonyl (C=O) groups excluding carboxylic acids is 2. The molecule has 0 saturated heterocycles. The van der Waals surface area contributed by atoms with Crippen molar-refractivity contribution in [1.29, 1.82) is 0 Å². The van der Waals surface area contributed by atoms with Crippen molar-refractivity contribution < 1.29 is 43.2 Å². The first-order chi connectivity index (χ1) is 29.4. The van der Waals surface area contributed by atoms with Gasteiger partial charge in [0.25, 0.3) is 0 Å². The Morgan fingerprint density at radius 1 is 0.820 bits per heavy atom. The van der Waals surface area contributed by atoms with Crippen molar-refractivity contribution >= 4 is 22.9 Å². The minimum Gasteiger partial charge on any atom is -0.483 e. The Hall–Kier alpha value is -5.55. The number of hydrogen-bond donors (Lipinski definition) is 2. The molecule has 0 unspecified atom stereocenters. The summed E-state index contributed by atoms with van der Waals surface area (Å²) in [4.78, 5) is 42.5. The number of fused-ring (bicyclic) bond motifs is 13. The standard InChI is InChI=1S/C51H56O10/c1-32(2)41-21-19-33-13-15-36(16-14-33)27-38(18-17-35-11-8-12-37(26-35)25-34-9-6-5-7-10-34)28-44(54)58-47-45-43(61-51(3,4)48(47)60-49(41)55)22-20-39-29-42(50(56)59-46(39)45)40(23-24-52)30-57-31-53/h5-16,20,22,26,29,38,40,47-48,52-53H,17-19,21,23-25,27-28,30-31H2,1-4H3/t38-,40+,47-,48-/m0/s1. The number of esters is 2. The lowest BCUT2D eigenvalue weighted by molar-refractivity contribution is -0.188. The molecule has 4 aromatic carbocycles. The van der Waals surface area contributed by atoms with Crippen LogP contribution in [0, 0.1) is 5.92 Å². The first-order valence-electron chi connectivity index (χ1n) is 21.3. The van der Waals surface area contributed by atoms with E-state index in [0.29, 0.717) is 41.5 Å². The molecule has 0 radical (unpaired) electrons. The van der Waals surface area contributed by atoms with Crippen LogP contribution < -0.4 is 10.4 Å². The first kappa shape index (κ1) is 43.5. The van der Waals surface area contributed by atoms with Crippen LogP contribution in [0.25, 0.3) is 11.0 Å². The van der Waals surface area contributed by atoms with Gasteiger partial charge in [-0.05, 0) is 125 Å². The molecule has 1 aromatic heterocycles. The predicted octanol–water partition coefficient (Wildman–Crippen LogP) is 8.65. The molecule has 2 bridgehead atoms. The Morgan fingerprint density at radius 3 is 2.30 bits per heavy atom. The second-order valence-corrected chi connectivity index (χ2v) is 17.1. The third kappa shape index (κ3) is 10.5. The zero-order valence-electron chi connectivity index (χ0n) is 35.5. The van der Waals surface area contributed by atoms with Crippen LogP contribution in [0.5, 0.6) is 5.75 Å². The maximum Gasteiger partial charge on any atom is 0.339 e. The highest BCUT2D eigenvalue weighted by atomic mass is 16.6. The van der Waals surface area contributed by atoms with Crippen molar-refractivity contribution in [3.63, 3.8) is 0 Å². The third-order valence-electron chi connectivity index (χ3n) is 12.0. The van der Waals surface area contributed by atoms with Gasteiger partial charge in [0, 0.05) is 35.5 Å². The average molecular weight is 829 g/mol. The fourth-order valence-corrected chi connectivity index (χ4v) is 8.69. The number of rotatable bonds is 11. The Kier molecular flexibility index (Phi) is 13.9. The second-order valence-electron chi connectivity index (χ2n) is 17.1. The van der Waals surface area contributed by atoms with E-state index < -0.39 is 48.1 Å². The van der Waals surface area contributed by atoms with Crippen molar-refractivity contribution in [2.75, 3.05) is 20.0 Å². The van der Waals surface area contributed by atoms with Gasteiger partial charge >= 0.3 is 17.6 Å². The van der Waals surface area contributed by atoms with E-state index in [-0.39, 0.29) is 43.1 Å². The molecule has 61 heavy (non-hydrogen) atoms. The Bertz CT molecular complexity index is 2410. The van der Waals surface area contributed by atoms with Crippen LogP contribution >= 0.6 is 0 Å². The fourth-order valence-electron chi connectivity index (χ4n) is 8.69. The fraction of sp³-hybridized carbons (Fsp3) is 0.392. The highest BCUT2D eigenvalue weighted by molar-refractivity contribution is 5.90. The minimum absolute atomic E-state index is 0.00913. The number of carbonyl (C=O) groups is 2. The van der Waals surface area contributed by atoms with E-state index in [4.69, 9.17) is 23.4 Å². The molecule has 4 heterocycles. The summed E-state index contributed by atoms with van der Waals surface area (Å²) in [6, 6.07) is 32.5. The van der Waals surface area contributed by atoms with Gasteiger partial charge in [-0.15, -0.1) is 0 Å². The number of aliphatic hydroxyl groups excluding tert-OH is 2. The molecule has 3 aliphatic rings. The van der Waals surface area contributed by atoms with Gasteiger partial charge in [-0.3, -0.25) is 4.79 Å². The van der Waals surface area contributed by atoms with Crippen LogP contribution in [0.2, 0.25) is 0 Å². The second kappa shape index (κ2) is 19.4. The largest absolute Gasteiger partial charge is 0.483 e. The van der Waals surface area contributed by atoms with E-state index in [0.717, 1.165) is 36.0 Å². The van der Waals surface area contributed by atoms with Gasteiger partial charge < -0.3 is 33.6 Å². The molecule has 3 aliphatic heterocycles. The van der Waals surface area contributed by atoms with Crippen molar-refractivity contribution in [2.24, 2.45) is 5.92 Å². The van der Waals surface area contributed by atoms with Crippen molar-refractivity contribution in [1.82, 2.24) is 0 Å². The molecule has 0 saturated carbocycles. The summed E-state index contributed by atoms with van der Waals surface area (Å²) in [7, 11) is 0. The molecular weight excluding hydrogens is 773 g/mol. The lowest BCUT2D eigenvalue weighted by Gasteiger charge is -2.43. The van der Waals surface area contributed by atoms with Crippen molar-refractivity contribution in [2.45, 2.75) is 103 Å². The number of allylic oxidation sites excluding steroid dienone is 1. The van der Waals surface area contributed by atoms with Crippen LogP contribution in [0.1, 0.15) is 104 Å². The SMILES string of the molecule is CC(C)=C1CCc2ccc(cc2)C[C@H](CCc2cccc(Cc3ccccc3)c2)CC(=O)O[C@H]2c3c(ccc4cc([C@H](CCO)COCO)c(=O)oc34)OC(C)(C)[C@H]2OC1=O. The van der Waals surface area contributed by atoms with E-state index in [2.05, 4.69) is 72.8 Å². The minimum atomic E-state index is -1.20. The number of ether oxygens (including phenoxy) is 4. The topological polar surface area (TPSA) is 142 Å². The molecule has 320 valence electrons. The van der Waals surface area contributed by atoms with E-state index in [1.165, 1.54) is 16.7 Å². The van der Waals surface area contributed by atoms with Gasteiger partial charge in [-0.2, -0.15) is 0 Å². The van der Waals surface area contributed by atoms with Crippen LogP contribution in [-0.4, -0.2) is 53.9 Å². The summed E-state index contributed by atoms with van der Waals surface area (Å²) in [5.41, 5.74) is 6.02. The van der Waals surface area contributed by atoms with Gasteiger partial charge in [0.05, 0.1) is 12.2 Å². The highest BCUT2D eigenvalue weighted by Crippen LogP contribution is 2.47. The summed E-state index contributed by atoms with van der Waals surface area (Å²) in [5.74, 6) is -1.34. The summed E-state index contributed by atoms with van der Waals surface area (Å²) in [6.07, 6.45) is 2.01. The van der Waals surface area contributed by atoms with E-state index >= 15 is 0 Å². The summed E-state index contributed by atoms with van der Waals surface area (Å²) in [6.45, 7) is 6.56. The van der Waals surface area contributed by atoms with Gasteiger partial charge in [-0.1, -0.05) is 84.4 Å². The van der Waals surface area contributed by atoms with Gasteiger partial charge in [0.2, 0.25) is 0 Å². The number of hydrogen-bond acceptors (Lipinski definition) is 10. The van der Waals surface area contributed by atoms with Crippen molar-refractivity contribution in [3.05, 3.63) is 158 Å². The first-order valence-corrected chi connectivity index (χ1v) is 21.3. The zero-order valence-corrected chi connectivity index (χ0v) is 35.5. The summed E-state index contributed by atoms with van der Waals surface area (Å²) >= 11 is 0. The molecule has 0 spiro atoms. The maximum absolute atomic E-state index is 14.5. The molecule has 10 heteroatoms. The molecule has 8 rings (SSSR count). The van der Waals surface area contributed by atoms with Crippen LogP contribution in [0.3, 0.4) is 0 Å². The molecule has 0 amide bonds. The average Bonchev–Trinajstić information content (AvgIpc) is 3.23. The molecule has 0 aliphatic carbocycles. The van der Waals surface area contributed by atoms with Crippen molar-refractivity contribution in [3.8, 4) is 5.75 Å². The van der Waals surface area contributed by atoms with Gasteiger partial charge in [0.15, 0.2) is 12.2 Å².